The lowest BCUT2D eigenvalue weighted by Gasteiger charge is -2.48. The molecule has 3 nitrogen and oxygen atoms in total. The molecular weight excluding hydrogens is 533 g/mol. The van der Waals surface area contributed by atoms with Crippen LogP contribution in [0.15, 0.2) is 121 Å². The number of nitrogens with zero attached hydrogens (tertiary/aromatic N) is 3. The van der Waals surface area contributed by atoms with E-state index in [4.69, 9.17) is 0 Å². The van der Waals surface area contributed by atoms with E-state index in [9.17, 15) is 5.26 Å². The largest absolute Gasteiger partial charge is 0.311 e. The minimum absolute atomic E-state index is 0.104. The summed E-state index contributed by atoms with van der Waals surface area (Å²) in [4.78, 5) is 2.54. The minimum atomic E-state index is -0.146. The molecule has 0 bridgehead atoms. The van der Waals surface area contributed by atoms with E-state index < -0.39 is 0 Å². The number of nitriles is 1. The van der Waals surface area contributed by atoms with Gasteiger partial charge in [-0.2, -0.15) is 5.26 Å². The summed E-state index contributed by atoms with van der Waals surface area (Å²) < 4.78 is 2.50. The second-order valence-electron chi connectivity index (χ2n) is 12.9. The molecule has 1 aromatic heterocycles. The third-order valence-corrected chi connectivity index (χ3v) is 10.4. The molecular formula is C40H26BN3. The van der Waals surface area contributed by atoms with E-state index in [2.05, 4.69) is 133 Å². The van der Waals surface area contributed by atoms with E-state index in [0.717, 1.165) is 11.1 Å². The first-order chi connectivity index (χ1) is 21.6. The molecule has 7 aromatic rings. The summed E-state index contributed by atoms with van der Waals surface area (Å²) in [6, 6.07) is 46.6. The van der Waals surface area contributed by atoms with Crippen LogP contribution >= 0.6 is 0 Å². The molecule has 3 aliphatic rings. The molecule has 10 rings (SSSR count). The van der Waals surface area contributed by atoms with Crippen LogP contribution < -0.4 is 21.3 Å². The van der Waals surface area contributed by atoms with Crippen LogP contribution in [0.25, 0.3) is 38.6 Å². The van der Waals surface area contributed by atoms with Gasteiger partial charge in [-0.25, -0.2) is 0 Å². The van der Waals surface area contributed by atoms with Crippen LogP contribution in [0.5, 0.6) is 0 Å². The average Bonchev–Trinajstić information content (AvgIpc) is 3.41. The molecule has 3 aliphatic heterocycles. The molecule has 0 spiro atoms. The number of anilines is 3. The number of benzene rings is 6. The highest BCUT2D eigenvalue weighted by molar-refractivity contribution is 7.00. The van der Waals surface area contributed by atoms with E-state index in [1.807, 2.05) is 18.2 Å². The number of rotatable bonds is 1. The van der Waals surface area contributed by atoms with Crippen molar-refractivity contribution in [2.75, 3.05) is 4.90 Å². The van der Waals surface area contributed by atoms with Crippen molar-refractivity contribution >= 4 is 62.0 Å². The van der Waals surface area contributed by atoms with Gasteiger partial charge in [0.25, 0.3) is 6.71 Å². The van der Waals surface area contributed by atoms with Gasteiger partial charge in [0.1, 0.15) is 0 Å². The Kier molecular flexibility index (Phi) is 4.41. The number of hydrogen-bond acceptors (Lipinski definition) is 2. The van der Waals surface area contributed by atoms with E-state index in [0.29, 0.717) is 5.56 Å². The van der Waals surface area contributed by atoms with Crippen LogP contribution in [0.3, 0.4) is 0 Å². The van der Waals surface area contributed by atoms with Gasteiger partial charge in [0.15, 0.2) is 0 Å². The molecule has 0 N–H and O–H groups in total. The third-order valence-electron chi connectivity index (χ3n) is 10.4. The number of aromatic nitrogens is 1. The van der Waals surface area contributed by atoms with Crippen LogP contribution in [-0.2, 0) is 5.41 Å². The molecule has 0 saturated carbocycles. The molecule has 0 aliphatic carbocycles. The zero-order valence-corrected chi connectivity index (χ0v) is 24.5. The van der Waals surface area contributed by atoms with Gasteiger partial charge in [0.2, 0.25) is 0 Å². The van der Waals surface area contributed by atoms with E-state index in [1.54, 1.807) is 0 Å². The Balaban J connectivity index is 1.42. The number of fused-ring (bicyclic) bond motifs is 9. The Bertz CT molecular complexity index is 2460. The van der Waals surface area contributed by atoms with E-state index in [1.165, 1.54) is 72.1 Å². The van der Waals surface area contributed by atoms with E-state index >= 15 is 0 Å². The quantitative estimate of drug-likeness (QED) is 0.194. The lowest BCUT2D eigenvalue weighted by molar-refractivity contribution is 0.632. The lowest BCUT2D eigenvalue weighted by atomic mass is 9.33. The first-order valence-corrected chi connectivity index (χ1v) is 15.3. The monoisotopic (exact) mass is 559 g/mol. The Morgan fingerprint density at radius 2 is 1.36 bits per heavy atom. The fourth-order valence-corrected chi connectivity index (χ4v) is 8.49. The molecule has 0 saturated heterocycles. The van der Waals surface area contributed by atoms with E-state index in [-0.39, 0.29) is 12.1 Å². The standard InChI is InChI=1S/C40H26BN3/c1-40(2)29-14-4-6-19-34(29)44-36-22-26(25-11-7-10-24(20-25)23-42)21-35-37(36)41(32-17-9-15-30(40)39(32)44)31-16-8-13-28-27-12-3-5-18-33(27)43(35)38(28)31/h3-22H,1-2H3. The van der Waals surface area contributed by atoms with Gasteiger partial charge in [-0.3, -0.25) is 0 Å². The van der Waals surface area contributed by atoms with Gasteiger partial charge in [-0.05, 0) is 75.0 Å². The fraction of sp³-hybridized carbons (Fsp3) is 0.0750. The summed E-state index contributed by atoms with van der Waals surface area (Å²) in [6.45, 7) is 4.83. The summed E-state index contributed by atoms with van der Waals surface area (Å²) in [5.41, 5.74) is 16.9. The maximum Gasteiger partial charge on any atom is 0.252 e. The molecule has 0 unspecified atom stereocenters. The predicted octanol–water partition coefficient (Wildman–Crippen LogP) is 7.57. The van der Waals surface area contributed by atoms with Crippen molar-refractivity contribution in [1.82, 2.24) is 4.57 Å². The molecule has 0 atom stereocenters. The van der Waals surface area contributed by atoms with Gasteiger partial charge in [0, 0.05) is 38.8 Å². The number of para-hydroxylation sites is 4. The Labute approximate surface area is 256 Å². The van der Waals surface area contributed by atoms with Crippen LogP contribution in [0.4, 0.5) is 17.1 Å². The second-order valence-corrected chi connectivity index (χ2v) is 12.9. The third kappa shape index (κ3) is 2.78. The molecule has 0 radical (unpaired) electrons. The predicted molar refractivity (Wildman–Crippen MR) is 182 cm³/mol. The molecule has 0 fully saturated rings. The highest BCUT2D eigenvalue weighted by Gasteiger charge is 2.47. The molecule has 0 amide bonds. The van der Waals surface area contributed by atoms with Crippen molar-refractivity contribution in [3.63, 3.8) is 0 Å². The van der Waals surface area contributed by atoms with Crippen molar-refractivity contribution in [2.24, 2.45) is 0 Å². The summed E-state index contributed by atoms with van der Waals surface area (Å²) in [7, 11) is 0. The Morgan fingerprint density at radius 3 is 2.27 bits per heavy atom. The van der Waals surface area contributed by atoms with Gasteiger partial charge in [-0.1, -0.05) is 98.8 Å². The van der Waals surface area contributed by atoms with Gasteiger partial charge < -0.3 is 9.47 Å². The zero-order chi connectivity index (χ0) is 29.3. The smallest absolute Gasteiger partial charge is 0.252 e. The van der Waals surface area contributed by atoms with Gasteiger partial charge in [-0.15, -0.1) is 0 Å². The van der Waals surface area contributed by atoms with Crippen molar-refractivity contribution in [2.45, 2.75) is 19.3 Å². The topological polar surface area (TPSA) is 32.0 Å². The maximum atomic E-state index is 9.77. The average molecular weight is 559 g/mol. The molecule has 44 heavy (non-hydrogen) atoms. The van der Waals surface area contributed by atoms with Crippen molar-refractivity contribution in [1.29, 1.82) is 5.26 Å². The molecule has 204 valence electrons. The maximum absolute atomic E-state index is 9.77. The van der Waals surface area contributed by atoms with Crippen LogP contribution in [0.2, 0.25) is 0 Å². The lowest BCUT2D eigenvalue weighted by Crippen LogP contribution is -2.61. The molecule has 4 heteroatoms. The Hall–Kier alpha value is -5.53. The Morgan fingerprint density at radius 1 is 0.636 bits per heavy atom. The summed E-state index contributed by atoms with van der Waals surface area (Å²) in [6.07, 6.45) is 0. The first-order valence-electron chi connectivity index (χ1n) is 15.3. The number of hydrogen-bond donors (Lipinski definition) is 0. The zero-order valence-electron chi connectivity index (χ0n) is 24.5. The van der Waals surface area contributed by atoms with Crippen molar-refractivity contribution in [3.05, 3.63) is 138 Å². The highest BCUT2D eigenvalue weighted by atomic mass is 15.2. The summed E-state index contributed by atoms with van der Waals surface area (Å²) >= 11 is 0. The van der Waals surface area contributed by atoms with Crippen molar-refractivity contribution < 1.29 is 0 Å². The highest BCUT2D eigenvalue weighted by Crippen LogP contribution is 2.53. The van der Waals surface area contributed by atoms with Gasteiger partial charge >= 0.3 is 0 Å². The van der Waals surface area contributed by atoms with Crippen LogP contribution in [0, 0.1) is 11.3 Å². The van der Waals surface area contributed by atoms with Gasteiger partial charge in [0.05, 0.1) is 22.8 Å². The van der Waals surface area contributed by atoms with Crippen molar-refractivity contribution in [3.8, 4) is 22.9 Å². The summed E-state index contributed by atoms with van der Waals surface area (Å²) in [5, 5.41) is 12.3. The van der Waals surface area contributed by atoms with Crippen LogP contribution in [-0.4, -0.2) is 11.3 Å². The normalized spacial score (nSPS) is 14.7. The fourth-order valence-electron chi connectivity index (χ4n) is 8.49. The van der Waals surface area contributed by atoms with Crippen LogP contribution in [0.1, 0.15) is 30.5 Å². The summed E-state index contributed by atoms with van der Waals surface area (Å²) in [5.74, 6) is 0. The molecule has 4 heterocycles. The SMILES string of the molecule is CC1(C)c2ccccc2N2c3cc(-c4cccc(C#N)c4)cc4c3B(c3cccc1c32)c1cccc2c3ccccc3n-4c12. The molecule has 6 aromatic carbocycles. The minimum Gasteiger partial charge on any atom is -0.311 e. The second kappa shape index (κ2) is 8.10. The first kappa shape index (κ1) is 24.0.